The number of hydrogen-bond acceptors (Lipinski definition) is 3. The third-order valence-electron chi connectivity index (χ3n) is 3.99. The lowest BCUT2D eigenvalue weighted by Crippen LogP contribution is -2.52. The molecule has 1 saturated carbocycles. The van der Waals surface area contributed by atoms with Crippen LogP contribution in [-0.2, 0) is 9.53 Å². The zero-order valence-corrected chi connectivity index (χ0v) is 10.7. The molecule has 16 heavy (non-hydrogen) atoms. The molecule has 92 valence electrons. The molecule has 0 N–H and O–H groups in total. The number of hydrogen-bond donors (Lipinski definition) is 0. The van der Waals surface area contributed by atoms with Gasteiger partial charge in [0.25, 0.3) is 0 Å². The predicted octanol–water partition coefficient (Wildman–Crippen LogP) is 1.85. The summed E-state index contributed by atoms with van der Waals surface area (Å²) < 4.78 is 5.69. The fraction of sp³-hybridized carbons (Fsp3) is 0.923. The minimum atomic E-state index is 0.219. The summed E-state index contributed by atoms with van der Waals surface area (Å²) in [5.74, 6) is 1.12. The third kappa shape index (κ3) is 2.16. The van der Waals surface area contributed by atoms with Crippen molar-refractivity contribution in [1.29, 1.82) is 0 Å². The van der Waals surface area contributed by atoms with Gasteiger partial charge in [-0.05, 0) is 39.5 Å². The van der Waals surface area contributed by atoms with Crippen molar-refractivity contribution >= 4 is 5.78 Å². The van der Waals surface area contributed by atoms with E-state index in [-0.39, 0.29) is 5.78 Å². The van der Waals surface area contributed by atoms with E-state index < -0.39 is 0 Å². The highest BCUT2D eigenvalue weighted by Crippen LogP contribution is 2.51. The molecular formula is C13H23NO2. The Bertz CT molecular complexity index is 269. The van der Waals surface area contributed by atoms with Crippen LogP contribution in [-0.4, -0.2) is 42.0 Å². The highest BCUT2D eigenvalue weighted by Gasteiger charge is 2.56. The molecule has 0 atom stereocenters. The molecule has 1 aliphatic carbocycles. The summed E-state index contributed by atoms with van der Waals surface area (Å²) in [5, 5.41) is 0. The lowest BCUT2D eigenvalue weighted by atomic mass is 9.73. The number of rotatable bonds is 6. The van der Waals surface area contributed by atoms with Gasteiger partial charge < -0.3 is 4.74 Å². The van der Waals surface area contributed by atoms with Crippen molar-refractivity contribution in [1.82, 2.24) is 4.90 Å². The van der Waals surface area contributed by atoms with Crippen LogP contribution in [0.3, 0.4) is 0 Å². The second kappa shape index (κ2) is 4.46. The molecule has 0 unspecified atom stereocenters. The number of carbonyl (C=O) groups is 1. The Kier molecular flexibility index (Phi) is 3.36. The summed E-state index contributed by atoms with van der Waals surface area (Å²) in [7, 11) is 0. The summed E-state index contributed by atoms with van der Waals surface area (Å²) >= 11 is 0. The second-order valence-corrected chi connectivity index (χ2v) is 5.75. The average Bonchev–Trinajstić information content (AvgIpc) is 2.65. The van der Waals surface area contributed by atoms with Crippen LogP contribution in [0.1, 0.15) is 40.0 Å². The largest absolute Gasteiger partial charge is 0.379 e. The monoisotopic (exact) mass is 225 g/mol. The summed E-state index contributed by atoms with van der Waals surface area (Å²) in [5.41, 5.74) is 0.315. The van der Waals surface area contributed by atoms with Gasteiger partial charge in [0.1, 0.15) is 5.78 Å². The van der Waals surface area contributed by atoms with Crippen LogP contribution in [0.4, 0.5) is 0 Å². The molecule has 2 aliphatic heterocycles. The Morgan fingerprint density at radius 3 is 2.75 bits per heavy atom. The molecule has 0 aromatic rings. The van der Waals surface area contributed by atoms with Crippen molar-refractivity contribution < 1.29 is 9.53 Å². The molecule has 3 fully saturated rings. The number of carbonyl (C=O) groups excluding carboxylic acids is 1. The number of ether oxygens (including phenoxy) is 1. The maximum Gasteiger partial charge on any atom is 0.132 e. The number of ketones is 1. The van der Waals surface area contributed by atoms with Crippen LogP contribution >= 0.6 is 0 Å². The highest BCUT2D eigenvalue weighted by molar-refractivity contribution is 5.75. The second-order valence-electron chi connectivity index (χ2n) is 5.75. The van der Waals surface area contributed by atoms with E-state index in [1.165, 1.54) is 19.4 Å². The summed E-state index contributed by atoms with van der Waals surface area (Å²) in [6.45, 7) is 8.80. The Balaban J connectivity index is 1.78. The summed E-state index contributed by atoms with van der Waals surface area (Å²) in [6, 6.07) is 0.615. The topological polar surface area (TPSA) is 29.5 Å². The average molecular weight is 225 g/mol. The van der Waals surface area contributed by atoms with Crippen LogP contribution in [0.15, 0.2) is 0 Å². The SMILES string of the molecule is CC(=O)CCOCC12CC(CN1C(C)C)C2. The first kappa shape index (κ1) is 12.1. The van der Waals surface area contributed by atoms with Gasteiger partial charge in [-0.1, -0.05) is 0 Å². The van der Waals surface area contributed by atoms with Gasteiger partial charge in [0, 0.05) is 24.5 Å². The smallest absolute Gasteiger partial charge is 0.132 e. The van der Waals surface area contributed by atoms with Crippen LogP contribution in [0.2, 0.25) is 0 Å². The normalized spacial score (nSPS) is 33.1. The van der Waals surface area contributed by atoms with Crippen LogP contribution in [0.25, 0.3) is 0 Å². The van der Waals surface area contributed by atoms with Gasteiger partial charge >= 0.3 is 0 Å². The predicted molar refractivity (Wildman–Crippen MR) is 63.4 cm³/mol. The Labute approximate surface area is 98.1 Å². The van der Waals surface area contributed by atoms with Crippen molar-refractivity contribution in [3.05, 3.63) is 0 Å². The molecule has 0 aromatic heterocycles. The fourth-order valence-electron chi connectivity index (χ4n) is 3.29. The summed E-state index contributed by atoms with van der Waals surface area (Å²) in [4.78, 5) is 13.4. The molecule has 3 nitrogen and oxygen atoms in total. The van der Waals surface area contributed by atoms with E-state index in [1.54, 1.807) is 6.92 Å². The molecule has 0 aromatic carbocycles. The van der Waals surface area contributed by atoms with Crippen LogP contribution in [0, 0.1) is 5.92 Å². The molecule has 3 aliphatic rings. The van der Waals surface area contributed by atoms with Crippen molar-refractivity contribution in [2.45, 2.75) is 51.6 Å². The van der Waals surface area contributed by atoms with E-state index in [0.717, 1.165) is 12.5 Å². The lowest BCUT2D eigenvalue weighted by Gasteiger charge is -2.43. The Morgan fingerprint density at radius 1 is 1.50 bits per heavy atom. The van der Waals surface area contributed by atoms with Gasteiger partial charge in [-0.25, -0.2) is 0 Å². The molecule has 0 spiro atoms. The molecular weight excluding hydrogens is 202 g/mol. The number of fused-ring (bicyclic) bond motifs is 1. The van der Waals surface area contributed by atoms with Gasteiger partial charge in [0.15, 0.2) is 0 Å². The molecule has 2 saturated heterocycles. The molecule has 3 rings (SSSR count). The molecule has 2 bridgehead atoms. The number of Topliss-reactive ketones (excluding diaryl/α,β-unsaturated/α-hetero) is 1. The van der Waals surface area contributed by atoms with Crippen molar-refractivity contribution in [3.63, 3.8) is 0 Å². The standard InChI is InChI=1S/C13H23NO2/c1-10(2)14-8-12-6-13(14,7-12)9-16-5-4-11(3)15/h10,12H,4-9H2,1-3H3. The maximum absolute atomic E-state index is 10.8. The van der Waals surface area contributed by atoms with Crippen molar-refractivity contribution in [2.75, 3.05) is 19.8 Å². The van der Waals surface area contributed by atoms with Gasteiger partial charge in [-0.3, -0.25) is 9.69 Å². The van der Waals surface area contributed by atoms with E-state index in [9.17, 15) is 4.79 Å². The van der Waals surface area contributed by atoms with E-state index in [2.05, 4.69) is 18.7 Å². The maximum atomic E-state index is 10.8. The Hall–Kier alpha value is -0.410. The fourth-order valence-corrected chi connectivity index (χ4v) is 3.29. The first-order valence-corrected chi connectivity index (χ1v) is 6.37. The van der Waals surface area contributed by atoms with Crippen molar-refractivity contribution in [3.8, 4) is 0 Å². The van der Waals surface area contributed by atoms with Crippen LogP contribution in [0.5, 0.6) is 0 Å². The quantitative estimate of drug-likeness (QED) is 0.646. The zero-order chi connectivity index (χ0) is 11.8. The molecule has 3 heteroatoms. The van der Waals surface area contributed by atoms with Gasteiger partial charge in [-0.15, -0.1) is 0 Å². The third-order valence-corrected chi connectivity index (χ3v) is 3.99. The van der Waals surface area contributed by atoms with E-state index in [1.807, 2.05) is 0 Å². The number of nitrogens with zero attached hydrogens (tertiary/aromatic N) is 1. The molecule has 0 amide bonds. The highest BCUT2D eigenvalue weighted by atomic mass is 16.5. The van der Waals surface area contributed by atoms with Crippen LogP contribution < -0.4 is 0 Å². The minimum absolute atomic E-state index is 0.219. The minimum Gasteiger partial charge on any atom is -0.379 e. The summed E-state index contributed by atoms with van der Waals surface area (Å²) in [6.07, 6.45) is 3.15. The zero-order valence-electron chi connectivity index (χ0n) is 10.7. The lowest BCUT2D eigenvalue weighted by molar-refractivity contribution is -0.118. The van der Waals surface area contributed by atoms with Gasteiger partial charge in [-0.2, -0.15) is 0 Å². The molecule has 0 radical (unpaired) electrons. The van der Waals surface area contributed by atoms with Crippen molar-refractivity contribution in [2.24, 2.45) is 5.92 Å². The van der Waals surface area contributed by atoms with E-state index >= 15 is 0 Å². The van der Waals surface area contributed by atoms with E-state index in [0.29, 0.717) is 24.6 Å². The first-order valence-electron chi connectivity index (χ1n) is 6.37. The Morgan fingerprint density at radius 2 is 2.19 bits per heavy atom. The van der Waals surface area contributed by atoms with Gasteiger partial charge in [0.2, 0.25) is 0 Å². The van der Waals surface area contributed by atoms with Gasteiger partial charge in [0.05, 0.1) is 13.2 Å². The molecule has 2 heterocycles. The van der Waals surface area contributed by atoms with E-state index in [4.69, 9.17) is 4.74 Å². The first-order chi connectivity index (χ1) is 7.53.